The molecule has 0 heterocycles. The van der Waals surface area contributed by atoms with Crippen LogP contribution in [0.4, 0.5) is 0 Å². The van der Waals surface area contributed by atoms with Crippen LogP contribution in [0.25, 0.3) is 0 Å². The molecule has 0 amide bonds. The second-order valence-corrected chi connectivity index (χ2v) is 6.91. The smallest absolute Gasteiger partial charge is 0.311 e. The highest BCUT2D eigenvalue weighted by Gasteiger charge is 2.13. The number of para-hydroxylation sites is 2. The lowest BCUT2D eigenvalue weighted by molar-refractivity contribution is -0.142. The van der Waals surface area contributed by atoms with Gasteiger partial charge in [-0.05, 0) is 48.6 Å². The van der Waals surface area contributed by atoms with Crippen LogP contribution in [0.5, 0.6) is 11.5 Å². The number of carbonyl (C=O) groups excluding carboxylic acids is 2. The number of hydrogen-bond donors (Lipinski definition) is 0. The molecule has 0 radical (unpaired) electrons. The van der Waals surface area contributed by atoms with Crippen molar-refractivity contribution in [3.05, 3.63) is 84.5 Å². The van der Waals surface area contributed by atoms with E-state index in [4.69, 9.17) is 14.2 Å². The first-order valence-electron chi connectivity index (χ1n) is 9.89. The van der Waals surface area contributed by atoms with Crippen molar-refractivity contribution in [3.63, 3.8) is 0 Å². The van der Waals surface area contributed by atoms with Gasteiger partial charge in [0.15, 0.2) is 0 Å². The van der Waals surface area contributed by atoms with E-state index in [1.807, 2.05) is 36.4 Å². The highest BCUT2D eigenvalue weighted by molar-refractivity contribution is 5.73. The molecule has 0 atom stereocenters. The van der Waals surface area contributed by atoms with Crippen LogP contribution >= 0.6 is 0 Å². The Balaban J connectivity index is 1.91. The predicted molar refractivity (Wildman–Crippen MR) is 117 cm³/mol. The molecule has 5 heteroatoms. The summed E-state index contributed by atoms with van der Waals surface area (Å²) in [4.78, 5) is 24.2. The fourth-order valence-electron chi connectivity index (χ4n) is 2.73. The zero-order valence-electron chi connectivity index (χ0n) is 17.4. The molecule has 0 spiro atoms. The third-order valence-electron chi connectivity index (χ3n) is 4.20. The van der Waals surface area contributed by atoms with E-state index in [1.165, 1.54) is 0 Å². The largest absolute Gasteiger partial charge is 0.489 e. The van der Waals surface area contributed by atoms with Gasteiger partial charge in [0.1, 0.15) is 24.7 Å². The summed E-state index contributed by atoms with van der Waals surface area (Å²) in [6.07, 6.45) is 3.02. The van der Waals surface area contributed by atoms with E-state index < -0.39 is 0 Å². The molecule has 0 saturated carbocycles. The minimum atomic E-state index is -0.342. The van der Waals surface area contributed by atoms with Crippen LogP contribution in [0.1, 0.15) is 30.9 Å². The molecular weight excluding hydrogens is 380 g/mol. The summed E-state index contributed by atoms with van der Waals surface area (Å²) in [6.45, 7) is 9.77. The maximum atomic E-state index is 12.4. The van der Waals surface area contributed by atoms with Gasteiger partial charge in [-0.25, -0.2) is 0 Å². The first kappa shape index (κ1) is 22.9. The molecule has 0 unspecified atom stereocenters. The monoisotopic (exact) mass is 408 g/mol. The van der Waals surface area contributed by atoms with Crippen molar-refractivity contribution >= 4 is 11.9 Å². The minimum Gasteiger partial charge on any atom is -0.489 e. The second kappa shape index (κ2) is 12.3. The lowest BCUT2D eigenvalue weighted by Crippen LogP contribution is -2.12. The maximum absolute atomic E-state index is 12.4. The van der Waals surface area contributed by atoms with E-state index in [0.29, 0.717) is 25.2 Å². The molecule has 0 aliphatic heterocycles. The zero-order valence-corrected chi connectivity index (χ0v) is 17.4. The standard InChI is InChI=1S/C25H28O5/c1-4-17-28-22-11-7-5-9-20(22)14-16-25(27)30-23-12-8-6-10-21(23)13-15-24(26)29-18-19(2)3/h4-12H,1-2,13-18H2,3H3. The molecule has 2 aromatic rings. The van der Waals surface area contributed by atoms with Gasteiger partial charge in [-0.1, -0.05) is 55.6 Å². The molecule has 5 nitrogen and oxygen atoms in total. The Hall–Kier alpha value is -3.34. The van der Waals surface area contributed by atoms with Crippen molar-refractivity contribution in [3.8, 4) is 11.5 Å². The quantitative estimate of drug-likeness (QED) is 0.286. The molecule has 30 heavy (non-hydrogen) atoms. The Morgan fingerprint density at radius 1 is 0.900 bits per heavy atom. The third-order valence-corrected chi connectivity index (χ3v) is 4.20. The van der Waals surface area contributed by atoms with Gasteiger partial charge in [0, 0.05) is 6.42 Å². The van der Waals surface area contributed by atoms with Crippen molar-refractivity contribution in [1.29, 1.82) is 0 Å². The molecule has 2 rings (SSSR count). The third kappa shape index (κ3) is 7.95. The summed E-state index contributed by atoms with van der Waals surface area (Å²) in [6, 6.07) is 14.8. The van der Waals surface area contributed by atoms with Crippen LogP contribution in [-0.2, 0) is 27.2 Å². The minimum absolute atomic E-state index is 0.204. The van der Waals surface area contributed by atoms with Crippen LogP contribution in [0, 0.1) is 0 Å². The Bertz CT molecular complexity index is 885. The van der Waals surface area contributed by atoms with Crippen molar-refractivity contribution in [2.24, 2.45) is 0 Å². The average Bonchev–Trinajstić information content (AvgIpc) is 2.74. The Morgan fingerprint density at radius 3 is 2.10 bits per heavy atom. The van der Waals surface area contributed by atoms with Gasteiger partial charge in [-0.2, -0.15) is 0 Å². The summed E-state index contributed by atoms with van der Waals surface area (Å²) >= 11 is 0. The Kier molecular flexibility index (Phi) is 9.38. The van der Waals surface area contributed by atoms with Gasteiger partial charge in [0.05, 0.1) is 6.42 Å². The number of benzene rings is 2. The SMILES string of the molecule is C=CCOc1ccccc1CCC(=O)Oc1ccccc1CCC(=O)OCC(=C)C. The van der Waals surface area contributed by atoms with Crippen LogP contribution in [0.3, 0.4) is 0 Å². The van der Waals surface area contributed by atoms with Crippen LogP contribution < -0.4 is 9.47 Å². The van der Waals surface area contributed by atoms with E-state index in [2.05, 4.69) is 13.2 Å². The summed E-state index contributed by atoms with van der Waals surface area (Å²) < 4.78 is 16.3. The summed E-state index contributed by atoms with van der Waals surface area (Å²) in [5.41, 5.74) is 2.51. The first-order valence-corrected chi connectivity index (χ1v) is 9.89. The molecule has 0 N–H and O–H groups in total. The highest BCUT2D eigenvalue weighted by Crippen LogP contribution is 2.22. The molecule has 0 aliphatic rings. The fourth-order valence-corrected chi connectivity index (χ4v) is 2.73. The first-order chi connectivity index (χ1) is 14.5. The Morgan fingerprint density at radius 2 is 1.47 bits per heavy atom. The predicted octanol–water partition coefficient (Wildman–Crippen LogP) is 4.84. The summed E-state index contributed by atoms with van der Waals surface area (Å²) in [5, 5.41) is 0. The molecule has 0 bridgehead atoms. The highest BCUT2D eigenvalue weighted by atomic mass is 16.5. The van der Waals surface area contributed by atoms with E-state index in [0.717, 1.165) is 22.4 Å². The van der Waals surface area contributed by atoms with Crippen LogP contribution in [0.2, 0.25) is 0 Å². The lowest BCUT2D eigenvalue weighted by atomic mass is 10.1. The summed E-state index contributed by atoms with van der Waals surface area (Å²) in [7, 11) is 0. The number of carbonyl (C=O) groups is 2. The molecular formula is C25H28O5. The van der Waals surface area contributed by atoms with Gasteiger partial charge in [0.25, 0.3) is 0 Å². The van der Waals surface area contributed by atoms with Crippen molar-refractivity contribution in [1.82, 2.24) is 0 Å². The number of rotatable bonds is 12. The van der Waals surface area contributed by atoms with Crippen LogP contribution in [0.15, 0.2) is 73.3 Å². The number of hydrogen-bond acceptors (Lipinski definition) is 5. The van der Waals surface area contributed by atoms with E-state index in [9.17, 15) is 9.59 Å². The van der Waals surface area contributed by atoms with Gasteiger partial charge >= 0.3 is 11.9 Å². The van der Waals surface area contributed by atoms with Gasteiger partial charge in [-0.15, -0.1) is 0 Å². The number of aryl methyl sites for hydroxylation is 2. The Labute approximate surface area is 178 Å². The second-order valence-electron chi connectivity index (χ2n) is 6.91. The average molecular weight is 408 g/mol. The van der Waals surface area contributed by atoms with Crippen molar-refractivity contribution in [2.75, 3.05) is 13.2 Å². The molecule has 0 aromatic heterocycles. The normalized spacial score (nSPS) is 10.2. The van der Waals surface area contributed by atoms with E-state index in [1.54, 1.807) is 25.1 Å². The van der Waals surface area contributed by atoms with Gasteiger partial charge < -0.3 is 14.2 Å². The van der Waals surface area contributed by atoms with Crippen molar-refractivity contribution in [2.45, 2.75) is 32.6 Å². The molecule has 0 saturated heterocycles. The molecule has 0 fully saturated rings. The molecule has 158 valence electrons. The molecule has 0 aliphatic carbocycles. The van der Waals surface area contributed by atoms with E-state index >= 15 is 0 Å². The fraction of sp³-hybridized carbons (Fsp3) is 0.280. The number of esters is 2. The molecule has 2 aromatic carbocycles. The van der Waals surface area contributed by atoms with E-state index in [-0.39, 0.29) is 31.4 Å². The van der Waals surface area contributed by atoms with Crippen LogP contribution in [-0.4, -0.2) is 25.2 Å². The maximum Gasteiger partial charge on any atom is 0.311 e. The lowest BCUT2D eigenvalue weighted by Gasteiger charge is -2.12. The number of ether oxygens (including phenoxy) is 3. The summed E-state index contributed by atoms with van der Waals surface area (Å²) in [5.74, 6) is 0.548. The van der Waals surface area contributed by atoms with Gasteiger partial charge in [-0.3, -0.25) is 9.59 Å². The zero-order chi connectivity index (χ0) is 21.8. The topological polar surface area (TPSA) is 61.8 Å². The van der Waals surface area contributed by atoms with Gasteiger partial charge in [0.2, 0.25) is 0 Å². The van der Waals surface area contributed by atoms with Crippen molar-refractivity contribution < 1.29 is 23.8 Å².